The molecule has 7 nitrogen and oxygen atoms in total. The first-order valence-corrected chi connectivity index (χ1v) is 8.59. The molecule has 2 rings (SSSR count). The highest BCUT2D eigenvalue weighted by Crippen LogP contribution is 2.13. The fourth-order valence-corrected chi connectivity index (χ4v) is 2.74. The Morgan fingerprint density at radius 2 is 1.68 bits per heavy atom. The number of anilines is 1. The van der Waals surface area contributed by atoms with Crippen LogP contribution in [0.4, 0.5) is 10.5 Å². The van der Waals surface area contributed by atoms with E-state index >= 15 is 0 Å². The van der Waals surface area contributed by atoms with E-state index in [1.807, 2.05) is 13.8 Å². The molecular formula is C18H26N4O3. The molecule has 1 aliphatic heterocycles. The highest BCUT2D eigenvalue weighted by molar-refractivity contribution is 5.95. The molecule has 0 atom stereocenters. The van der Waals surface area contributed by atoms with E-state index in [2.05, 4.69) is 16.0 Å². The molecule has 4 amide bonds. The number of urea groups is 1. The van der Waals surface area contributed by atoms with E-state index in [1.54, 1.807) is 29.2 Å². The van der Waals surface area contributed by atoms with Crippen LogP contribution in [0.15, 0.2) is 24.3 Å². The summed E-state index contributed by atoms with van der Waals surface area (Å²) in [5.41, 5.74) is 1.21. The van der Waals surface area contributed by atoms with E-state index in [4.69, 9.17) is 0 Å². The van der Waals surface area contributed by atoms with Crippen molar-refractivity contribution in [2.24, 2.45) is 0 Å². The molecule has 1 aromatic rings. The van der Waals surface area contributed by atoms with Gasteiger partial charge in [-0.05, 0) is 51.0 Å². The van der Waals surface area contributed by atoms with Gasteiger partial charge in [-0.2, -0.15) is 0 Å². The normalized spacial score (nSPS) is 15.0. The average molecular weight is 346 g/mol. The summed E-state index contributed by atoms with van der Waals surface area (Å²) in [6.07, 6.45) is 1.47. The summed E-state index contributed by atoms with van der Waals surface area (Å²) in [4.78, 5) is 37.1. The van der Waals surface area contributed by atoms with Gasteiger partial charge in [0.25, 0.3) is 5.91 Å². The second-order valence-corrected chi connectivity index (χ2v) is 6.60. The zero-order chi connectivity index (χ0) is 18.4. The molecule has 1 aliphatic rings. The Morgan fingerprint density at radius 1 is 1.08 bits per heavy atom. The number of piperidine rings is 1. The predicted octanol–water partition coefficient (Wildman–Crippen LogP) is 1.96. The largest absolute Gasteiger partial charge is 0.349 e. The summed E-state index contributed by atoms with van der Waals surface area (Å²) < 4.78 is 0. The van der Waals surface area contributed by atoms with Crippen LogP contribution in [0.1, 0.15) is 44.0 Å². The molecule has 1 saturated heterocycles. The van der Waals surface area contributed by atoms with Crippen molar-refractivity contribution in [1.82, 2.24) is 15.5 Å². The molecule has 3 N–H and O–H groups in total. The van der Waals surface area contributed by atoms with Crippen LogP contribution in [0.3, 0.4) is 0 Å². The van der Waals surface area contributed by atoms with Crippen LogP contribution in [0, 0.1) is 0 Å². The van der Waals surface area contributed by atoms with Gasteiger partial charge in [0.05, 0.1) is 0 Å². The summed E-state index contributed by atoms with van der Waals surface area (Å²) >= 11 is 0. The minimum absolute atomic E-state index is 0.0478. The van der Waals surface area contributed by atoms with Gasteiger partial charge in [0.2, 0.25) is 5.91 Å². The zero-order valence-electron chi connectivity index (χ0n) is 15.0. The quantitative estimate of drug-likeness (QED) is 0.778. The van der Waals surface area contributed by atoms with Gasteiger partial charge in [0.15, 0.2) is 0 Å². The monoisotopic (exact) mass is 346 g/mol. The number of carbonyl (C=O) groups excluding carboxylic acids is 3. The first-order valence-electron chi connectivity index (χ1n) is 8.59. The van der Waals surface area contributed by atoms with Crippen LogP contribution in [0.25, 0.3) is 0 Å². The van der Waals surface area contributed by atoms with Crippen molar-refractivity contribution in [3.8, 4) is 0 Å². The van der Waals surface area contributed by atoms with Crippen LogP contribution < -0.4 is 16.0 Å². The number of hydrogen-bond donors (Lipinski definition) is 3. The fourth-order valence-electron chi connectivity index (χ4n) is 2.74. The zero-order valence-corrected chi connectivity index (χ0v) is 15.0. The van der Waals surface area contributed by atoms with E-state index in [-0.39, 0.29) is 29.9 Å². The number of nitrogens with one attached hydrogen (secondary N) is 3. The summed E-state index contributed by atoms with van der Waals surface area (Å²) in [5.74, 6) is -0.287. The van der Waals surface area contributed by atoms with Gasteiger partial charge in [-0.1, -0.05) is 0 Å². The number of benzene rings is 1. The first-order chi connectivity index (χ1) is 11.8. The first kappa shape index (κ1) is 18.8. The van der Waals surface area contributed by atoms with Crippen LogP contribution in [-0.2, 0) is 4.79 Å². The topological polar surface area (TPSA) is 90.5 Å². The minimum Gasteiger partial charge on any atom is -0.349 e. The van der Waals surface area contributed by atoms with Crippen molar-refractivity contribution in [2.45, 2.75) is 45.7 Å². The van der Waals surface area contributed by atoms with E-state index in [0.717, 1.165) is 12.8 Å². The highest BCUT2D eigenvalue weighted by atomic mass is 16.2. The summed E-state index contributed by atoms with van der Waals surface area (Å²) in [5, 5.41) is 8.56. The van der Waals surface area contributed by atoms with Crippen molar-refractivity contribution in [3.05, 3.63) is 29.8 Å². The maximum absolute atomic E-state index is 12.3. The van der Waals surface area contributed by atoms with Crippen molar-refractivity contribution >= 4 is 23.5 Å². The lowest BCUT2D eigenvalue weighted by Gasteiger charge is -2.32. The van der Waals surface area contributed by atoms with Crippen molar-refractivity contribution in [2.75, 3.05) is 18.4 Å². The number of amides is 4. The number of carbonyl (C=O) groups is 3. The molecule has 136 valence electrons. The van der Waals surface area contributed by atoms with Crippen molar-refractivity contribution < 1.29 is 14.4 Å². The van der Waals surface area contributed by atoms with E-state index < -0.39 is 0 Å². The third-order valence-electron chi connectivity index (χ3n) is 4.00. The van der Waals surface area contributed by atoms with Gasteiger partial charge in [-0.15, -0.1) is 0 Å². The van der Waals surface area contributed by atoms with Crippen LogP contribution in [-0.4, -0.2) is 47.9 Å². The van der Waals surface area contributed by atoms with Gasteiger partial charge >= 0.3 is 6.03 Å². The molecule has 1 heterocycles. The fraction of sp³-hybridized carbons (Fsp3) is 0.500. The van der Waals surface area contributed by atoms with E-state index in [1.165, 1.54) is 6.92 Å². The maximum Gasteiger partial charge on any atom is 0.317 e. The molecule has 0 radical (unpaired) electrons. The molecule has 0 aromatic heterocycles. The molecule has 1 fully saturated rings. The molecule has 25 heavy (non-hydrogen) atoms. The number of hydrogen-bond acceptors (Lipinski definition) is 3. The Bertz CT molecular complexity index is 620. The second-order valence-electron chi connectivity index (χ2n) is 6.60. The third kappa shape index (κ3) is 5.77. The van der Waals surface area contributed by atoms with Crippen molar-refractivity contribution in [1.29, 1.82) is 0 Å². The molecule has 0 saturated carbocycles. The number of rotatable bonds is 4. The van der Waals surface area contributed by atoms with Crippen LogP contribution >= 0.6 is 0 Å². The minimum atomic E-state index is -0.148. The summed E-state index contributed by atoms with van der Waals surface area (Å²) in [6.45, 7) is 6.56. The molecule has 0 spiro atoms. The smallest absolute Gasteiger partial charge is 0.317 e. The average Bonchev–Trinajstić information content (AvgIpc) is 2.55. The molecule has 1 aromatic carbocycles. The van der Waals surface area contributed by atoms with E-state index in [9.17, 15) is 14.4 Å². The SMILES string of the molecule is CC(=O)Nc1ccc(C(=O)NC2CCN(C(=O)NC(C)C)CC2)cc1. The van der Waals surface area contributed by atoms with Crippen LogP contribution in [0.5, 0.6) is 0 Å². The highest BCUT2D eigenvalue weighted by Gasteiger charge is 2.24. The van der Waals surface area contributed by atoms with Crippen molar-refractivity contribution in [3.63, 3.8) is 0 Å². The van der Waals surface area contributed by atoms with Gasteiger partial charge in [-0.3, -0.25) is 9.59 Å². The Kier molecular flexibility index (Phi) is 6.38. The Balaban J connectivity index is 1.82. The van der Waals surface area contributed by atoms with Crippen LogP contribution in [0.2, 0.25) is 0 Å². The maximum atomic E-state index is 12.3. The van der Waals surface area contributed by atoms with Gasteiger partial charge in [0.1, 0.15) is 0 Å². The van der Waals surface area contributed by atoms with E-state index in [0.29, 0.717) is 24.3 Å². The molecular weight excluding hydrogens is 320 g/mol. The summed E-state index contributed by atoms with van der Waals surface area (Å²) in [6, 6.07) is 6.91. The number of likely N-dealkylation sites (tertiary alicyclic amines) is 1. The molecule has 7 heteroatoms. The van der Waals surface area contributed by atoms with Gasteiger partial charge in [-0.25, -0.2) is 4.79 Å². The lowest BCUT2D eigenvalue weighted by Crippen LogP contribution is -2.50. The third-order valence-corrected chi connectivity index (χ3v) is 4.00. The van der Waals surface area contributed by atoms with Gasteiger partial charge < -0.3 is 20.9 Å². The Hall–Kier alpha value is -2.57. The lowest BCUT2D eigenvalue weighted by molar-refractivity contribution is -0.114. The second kappa shape index (κ2) is 8.50. The number of nitrogens with zero attached hydrogens (tertiary/aromatic N) is 1. The predicted molar refractivity (Wildman–Crippen MR) is 96.5 cm³/mol. The lowest BCUT2D eigenvalue weighted by atomic mass is 10.0. The summed E-state index contributed by atoms with van der Waals surface area (Å²) in [7, 11) is 0. The van der Waals surface area contributed by atoms with Gasteiger partial charge in [0, 0.05) is 43.3 Å². The molecule has 0 aliphatic carbocycles. The standard InChI is InChI=1S/C18H26N4O3/c1-12(2)19-18(25)22-10-8-16(9-11-22)21-17(24)14-4-6-15(7-5-14)20-13(3)23/h4-7,12,16H,8-11H2,1-3H3,(H,19,25)(H,20,23)(H,21,24). The Labute approximate surface area is 148 Å². The molecule has 0 unspecified atom stereocenters. The Morgan fingerprint density at radius 3 is 2.20 bits per heavy atom. The molecule has 0 bridgehead atoms.